The Bertz CT molecular complexity index is 765. The van der Waals surface area contributed by atoms with Gasteiger partial charge in [-0.05, 0) is 29.1 Å². The summed E-state index contributed by atoms with van der Waals surface area (Å²) in [7, 11) is 1.63. The van der Waals surface area contributed by atoms with E-state index < -0.39 is 0 Å². The predicted octanol–water partition coefficient (Wildman–Crippen LogP) is 3.80. The average Bonchev–Trinajstić information content (AvgIpc) is 3.19. The molecule has 0 aliphatic carbocycles. The molecule has 112 valence electrons. The Balaban J connectivity index is 1.73. The minimum atomic E-state index is -0.305. The number of benzene rings is 1. The molecule has 1 N–H and O–H groups in total. The maximum Gasteiger partial charge on any atom is 0.277 e. The molecule has 0 fully saturated rings. The molecule has 3 aromatic rings. The lowest BCUT2D eigenvalue weighted by Gasteiger charge is -2.05. The topological polar surface area (TPSA) is 64.4 Å². The third kappa shape index (κ3) is 3.24. The zero-order valence-electron chi connectivity index (χ0n) is 11.9. The Kier molecular flexibility index (Phi) is 4.32. The van der Waals surface area contributed by atoms with Crippen molar-refractivity contribution >= 4 is 22.9 Å². The number of anilines is 1. The Labute approximate surface area is 131 Å². The molecule has 5 nitrogen and oxygen atoms in total. The zero-order valence-corrected chi connectivity index (χ0v) is 12.7. The van der Waals surface area contributed by atoms with Crippen LogP contribution in [0.4, 0.5) is 5.69 Å². The average molecular weight is 314 g/mol. The van der Waals surface area contributed by atoms with Crippen LogP contribution in [0.5, 0.6) is 0 Å². The van der Waals surface area contributed by atoms with Gasteiger partial charge in [0, 0.05) is 18.9 Å². The van der Waals surface area contributed by atoms with Crippen LogP contribution in [0.2, 0.25) is 0 Å². The van der Waals surface area contributed by atoms with E-state index in [2.05, 4.69) is 10.5 Å². The summed E-state index contributed by atoms with van der Waals surface area (Å²) in [6.07, 6.45) is 0. The minimum Gasteiger partial charge on any atom is -0.380 e. The first-order chi connectivity index (χ1) is 10.8. The number of hydrogen-bond acceptors (Lipinski definition) is 5. The van der Waals surface area contributed by atoms with Crippen molar-refractivity contribution in [3.8, 4) is 10.6 Å². The second-order valence-corrected chi connectivity index (χ2v) is 5.59. The molecule has 0 saturated carbocycles. The molecular weight excluding hydrogens is 300 g/mol. The van der Waals surface area contributed by atoms with Gasteiger partial charge in [-0.2, -0.15) is 0 Å². The van der Waals surface area contributed by atoms with E-state index in [1.165, 1.54) is 11.3 Å². The van der Waals surface area contributed by atoms with Crippen molar-refractivity contribution in [3.05, 3.63) is 59.1 Å². The lowest BCUT2D eigenvalue weighted by molar-refractivity contribution is 0.101. The highest BCUT2D eigenvalue weighted by Crippen LogP contribution is 2.25. The Morgan fingerprint density at radius 2 is 2.23 bits per heavy atom. The van der Waals surface area contributed by atoms with E-state index in [0.29, 0.717) is 18.1 Å². The number of nitrogens with one attached hydrogen (secondary N) is 1. The number of carbonyl (C=O) groups is 1. The Hall–Kier alpha value is -2.44. The molecule has 0 aliphatic heterocycles. The summed E-state index contributed by atoms with van der Waals surface area (Å²) in [4.78, 5) is 13.1. The molecule has 3 rings (SSSR count). The number of rotatable bonds is 5. The van der Waals surface area contributed by atoms with E-state index in [0.717, 1.165) is 10.4 Å². The maximum atomic E-state index is 12.2. The quantitative estimate of drug-likeness (QED) is 0.778. The van der Waals surface area contributed by atoms with Crippen molar-refractivity contribution in [3.63, 3.8) is 0 Å². The van der Waals surface area contributed by atoms with Crippen LogP contribution in [-0.2, 0) is 11.3 Å². The van der Waals surface area contributed by atoms with Gasteiger partial charge in [-0.15, -0.1) is 11.3 Å². The van der Waals surface area contributed by atoms with Crippen LogP contribution in [0.3, 0.4) is 0 Å². The summed E-state index contributed by atoms with van der Waals surface area (Å²) in [5.41, 5.74) is 1.93. The molecule has 2 heterocycles. The van der Waals surface area contributed by atoms with Gasteiger partial charge >= 0.3 is 0 Å². The van der Waals surface area contributed by atoms with Crippen LogP contribution in [0.15, 0.2) is 52.4 Å². The first-order valence-corrected chi connectivity index (χ1v) is 7.54. The van der Waals surface area contributed by atoms with E-state index in [1.807, 2.05) is 41.8 Å². The molecule has 0 radical (unpaired) electrons. The number of carbonyl (C=O) groups excluding carboxylic acids is 1. The number of aromatic nitrogens is 1. The van der Waals surface area contributed by atoms with Crippen LogP contribution >= 0.6 is 11.3 Å². The summed E-state index contributed by atoms with van der Waals surface area (Å²) in [6, 6.07) is 13.0. The highest BCUT2D eigenvalue weighted by Gasteiger charge is 2.14. The minimum absolute atomic E-state index is 0.251. The SMILES string of the molecule is COCc1cccc(NC(=O)c2cc(-c3cccs3)on2)c1. The molecule has 1 aromatic carbocycles. The molecule has 0 aliphatic rings. The summed E-state index contributed by atoms with van der Waals surface area (Å²) < 4.78 is 10.3. The van der Waals surface area contributed by atoms with Gasteiger partial charge < -0.3 is 14.6 Å². The zero-order chi connectivity index (χ0) is 15.4. The van der Waals surface area contributed by atoms with Gasteiger partial charge in [0.1, 0.15) is 0 Å². The van der Waals surface area contributed by atoms with Crippen molar-refractivity contribution in [2.24, 2.45) is 0 Å². The molecule has 0 atom stereocenters. The fourth-order valence-electron chi connectivity index (χ4n) is 2.02. The molecule has 0 saturated heterocycles. The Morgan fingerprint density at radius 3 is 3.00 bits per heavy atom. The normalized spacial score (nSPS) is 10.6. The lowest BCUT2D eigenvalue weighted by atomic mass is 10.2. The van der Waals surface area contributed by atoms with Gasteiger partial charge in [0.15, 0.2) is 11.5 Å². The van der Waals surface area contributed by atoms with E-state index in [1.54, 1.807) is 13.2 Å². The van der Waals surface area contributed by atoms with Crippen molar-refractivity contribution in [1.29, 1.82) is 0 Å². The van der Waals surface area contributed by atoms with E-state index in [-0.39, 0.29) is 11.6 Å². The number of nitrogens with zero attached hydrogens (tertiary/aromatic N) is 1. The smallest absolute Gasteiger partial charge is 0.277 e. The number of amides is 1. The summed E-state index contributed by atoms with van der Waals surface area (Å²) in [5, 5.41) is 8.57. The monoisotopic (exact) mass is 314 g/mol. The van der Waals surface area contributed by atoms with E-state index in [9.17, 15) is 4.79 Å². The van der Waals surface area contributed by atoms with E-state index >= 15 is 0 Å². The number of methoxy groups -OCH3 is 1. The largest absolute Gasteiger partial charge is 0.380 e. The van der Waals surface area contributed by atoms with Crippen molar-refractivity contribution in [2.75, 3.05) is 12.4 Å². The van der Waals surface area contributed by atoms with Crippen LogP contribution in [0.1, 0.15) is 16.1 Å². The fourth-order valence-corrected chi connectivity index (χ4v) is 2.69. The van der Waals surface area contributed by atoms with Gasteiger partial charge in [-0.25, -0.2) is 0 Å². The molecule has 0 bridgehead atoms. The van der Waals surface area contributed by atoms with Gasteiger partial charge in [-0.1, -0.05) is 23.4 Å². The van der Waals surface area contributed by atoms with E-state index in [4.69, 9.17) is 9.26 Å². The molecule has 6 heteroatoms. The highest BCUT2D eigenvalue weighted by atomic mass is 32.1. The van der Waals surface area contributed by atoms with Crippen LogP contribution < -0.4 is 5.32 Å². The summed E-state index contributed by atoms with van der Waals surface area (Å²) in [6.45, 7) is 0.496. The van der Waals surface area contributed by atoms with Crippen LogP contribution in [0.25, 0.3) is 10.6 Å². The lowest BCUT2D eigenvalue weighted by Crippen LogP contribution is -2.12. The molecule has 2 aromatic heterocycles. The van der Waals surface area contributed by atoms with Crippen molar-refractivity contribution < 1.29 is 14.1 Å². The van der Waals surface area contributed by atoms with Gasteiger partial charge in [-0.3, -0.25) is 4.79 Å². The molecule has 1 amide bonds. The summed E-state index contributed by atoms with van der Waals surface area (Å²) in [5.74, 6) is 0.286. The van der Waals surface area contributed by atoms with Gasteiger partial charge in [0.25, 0.3) is 5.91 Å². The fraction of sp³-hybridized carbons (Fsp3) is 0.125. The Morgan fingerprint density at radius 1 is 1.32 bits per heavy atom. The second kappa shape index (κ2) is 6.55. The molecule has 22 heavy (non-hydrogen) atoms. The van der Waals surface area contributed by atoms with Crippen LogP contribution in [-0.4, -0.2) is 18.2 Å². The third-order valence-corrected chi connectivity index (χ3v) is 3.89. The van der Waals surface area contributed by atoms with Gasteiger partial charge in [0.05, 0.1) is 11.5 Å². The highest BCUT2D eigenvalue weighted by molar-refractivity contribution is 7.13. The van der Waals surface area contributed by atoms with Crippen molar-refractivity contribution in [2.45, 2.75) is 6.61 Å². The molecular formula is C16H14N2O3S. The third-order valence-electron chi connectivity index (χ3n) is 3.00. The standard InChI is InChI=1S/C16H14N2O3S/c1-20-10-11-4-2-5-12(8-11)17-16(19)13-9-14(21-18-13)15-6-3-7-22-15/h2-9H,10H2,1H3,(H,17,19). The summed E-state index contributed by atoms with van der Waals surface area (Å²) >= 11 is 1.53. The van der Waals surface area contributed by atoms with Crippen LogP contribution in [0, 0.1) is 0 Å². The first kappa shape index (κ1) is 14.5. The predicted molar refractivity (Wildman–Crippen MR) is 84.9 cm³/mol. The number of ether oxygens (including phenoxy) is 1. The van der Waals surface area contributed by atoms with Gasteiger partial charge in [0.2, 0.25) is 0 Å². The maximum absolute atomic E-state index is 12.2. The first-order valence-electron chi connectivity index (χ1n) is 6.66. The number of hydrogen-bond donors (Lipinski definition) is 1. The molecule has 0 unspecified atom stereocenters. The second-order valence-electron chi connectivity index (χ2n) is 4.64. The number of thiophene rings is 1. The molecule has 0 spiro atoms. The van der Waals surface area contributed by atoms with Crippen molar-refractivity contribution in [1.82, 2.24) is 5.16 Å².